The van der Waals surface area contributed by atoms with Crippen LogP contribution in [0.3, 0.4) is 0 Å². The van der Waals surface area contributed by atoms with E-state index in [0.717, 1.165) is 16.8 Å². The average molecular weight is 181 g/mol. The fraction of sp³-hybridized carbons (Fsp3) is 0.0769. The molecule has 0 aliphatic rings. The van der Waals surface area contributed by atoms with Crippen LogP contribution in [0.15, 0.2) is 42.6 Å². The SMILES string of the molecule is C#Cc1ccccc1-c1cccn1C. The van der Waals surface area contributed by atoms with E-state index in [-0.39, 0.29) is 0 Å². The van der Waals surface area contributed by atoms with Crippen LogP contribution < -0.4 is 0 Å². The summed E-state index contributed by atoms with van der Waals surface area (Å²) in [6.45, 7) is 0. The first-order chi connectivity index (χ1) is 6.83. The molecule has 0 aliphatic carbocycles. The van der Waals surface area contributed by atoms with Crippen molar-refractivity contribution in [3.8, 4) is 23.6 Å². The Morgan fingerprint density at radius 2 is 1.93 bits per heavy atom. The highest BCUT2D eigenvalue weighted by atomic mass is 14.9. The normalized spacial score (nSPS) is 9.71. The van der Waals surface area contributed by atoms with E-state index in [0.29, 0.717) is 0 Å². The van der Waals surface area contributed by atoms with Crippen molar-refractivity contribution in [1.82, 2.24) is 4.57 Å². The Hall–Kier alpha value is -1.94. The van der Waals surface area contributed by atoms with Gasteiger partial charge in [-0.2, -0.15) is 0 Å². The Morgan fingerprint density at radius 1 is 1.14 bits per heavy atom. The summed E-state index contributed by atoms with van der Waals surface area (Å²) >= 11 is 0. The van der Waals surface area contributed by atoms with Crippen molar-refractivity contribution >= 4 is 0 Å². The minimum Gasteiger partial charge on any atom is -0.351 e. The molecule has 0 fully saturated rings. The van der Waals surface area contributed by atoms with Gasteiger partial charge in [0.15, 0.2) is 0 Å². The molecule has 1 aromatic heterocycles. The van der Waals surface area contributed by atoms with Crippen LogP contribution in [-0.2, 0) is 7.05 Å². The van der Waals surface area contributed by atoms with Gasteiger partial charge in [-0.15, -0.1) is 6.42 Å². The number of aryl methyl sites for hydroxylation is 1. The van der Waals surface area contributed by atoms with Gasteiger partial charge in [0.25, 0.3) is 0 Å². The smallest absolute Gasteiger partial charge is 0.0490 e. The summed E-state index contributed by atoms with van der Waals surface area (Å²) in [4.78, 5) is 0. The number of terminal acetylenes is 1. The third kappa shape index (κ3) is 1.31. The summed E-state index contributed by atoms with van der Waals surface area (Å²) in [7, 11) is 2.02. The number of nitrogens with zero attached hydrogens (tertiary/aromatic N) is 1. The minimum absolute atomic E-state index is 0.939. The Balaban J connectivity index is 2.64. The third-order valence-electron chi connectivity index (χ3n) is 2.30. The molecule has 0 saturated carbocycles. The van der Waals surface area contributed by atoms with Crippen molar-refractivity contribution in [2.75, 3.05) is 0 Å². The van der Waals surface area contributed by atoms with Gasteiger partial charge in [0.2, 0.25) is 0 Å². The lowest BCUT2D eigenvalue weighted by atomic mass is 10.1. The van der Waals surface area contributed by atoms with Gasteiger partial charge in [0.05, 0.1) is 0 Å². The Morgan fingerprint density at radius 3 is 2.57 bits per heavy atom. The maximum absolute atomic E-state index is 5.45. The van der Waals surface area contributed by atoms with Gasteiger partial charge in [-0.1, -0.05) is 24.1 Å². The lowest BCUT2D eigenvalue weighted by Crippen LogP contribution is -1.91. The maximum atomic E-state index is 5.45. The first kappa shape index (κ1) is 8.65. The second-order valence-electron chi connectivity index (χ2n) is 3.19. The predicted octanol–water partition coefficient (Wildman–Crippen LogP) is 2.67. The molecule has 0 bridgehead atoms. The van der Waals surface area contributed by atoms with Gasteiger partial charge in [0, 0.05) is 30.1 Å². The molecule has 0 N–H and O–H groups in total. The van der Waals surface area contributed by atoms with Crippen molar-refractivity contribution in [2.45, 2.75) is 0 Å². The number of benzene rings is 1. The molecule has 1 aromatic carbocycles. The number of hydrogen-bond acceptors (Lipinski definition) is 0. The van der Waals surface area contributed by atoms with E-state index in [4.69, 9.17) is 6.42 Å². The van der Waals surface area contributed by atoms with E-state index >= 15 is 0 Å². The van der Waals surface area contributed by atoms with Crippen LogP contribution in [0.25, 0.3) is 11.3 Å². The molecule has 68 valence electrons. The van der Waals surface area contributed by atoms with Crippen molar-refractivity contribution in [1.29, 1.82) is 0 Å². The second-order valence-corrected chi connectivity index (χ2v) is 3.19. The fourth-order valence-electron chi connectivity index (χ4n) is 1.57. The van der Waals surface area contributed by atoms with Crippen LogP contribution in [0.1, 0.15) is 5.56 Å². The van der Waals surface area contributed by atoms with E-state index in [1.807, 2.05) is 43.6 Å². The lowest BCUT2D eigenvalue weighted by Gasteiger charge is -2.05. The van der Waals surface area contributed by atoms with Crippen molar-refractivity contribution in [3.63, 3.8) is 0 Å². The molecule has 0 saturated heterocycles. The van der Waals surface area contributed by atoms with Crippen molar-refractivity contribution in [2.24, 2.45) is 7.05 Å². The van der Waals surface area contributed by atoms with Crippen LogP contribution in [-0.4, -0.2) is 4.57 Å². The van der Waals surface area contributed by atoms with Gasteiger partial charge < -0.3 is 4.57 Å². The molecule has 1 heterocycles. The topological polar surface area (TPSA) is 4.93 Å². The molecular weight excluding hydrogens is 170 g/mol. The monoisotopic (exact) mass is 181 g/mol. The molecule has 2 rings (SSSR count). The molecule has 14 heavy (non-hydrogen) atoms. The van der Waals surface area contributed by atoms with E-state index in [2.05, 4.69) is 16.6 Å². The fourth-order valence-corrected chi connectivity index (χ4v) is 1.57. The molecule has 1 nitrogen and oxygen atoms in total. The summed E-state index contributed by atoms with van der Waals surface area (Å²) in [5.74, 6) is 2.70. The highest BCUT2D eigenvalue weighted by Crippen LogP contribution is 2.22. The molecule has 1 heteroatoms. The highest BCUT2D eigenvalue weighted by molar-refractivity contribution is 5.68. The molecule has 2 aromatic rings. The molecule has 0 radical (unpaired) electrons. The zero-order chi connectivity index (χ0) is 9.97. The highest BCUT2D eigenvalue weighted by Gasteiger charge is 2.04. The van der Waals surface area contributed by atoms with E-state index in [1.165, 1.54) is 0 Å². The first-order valence-corrected chi connectivity index (χ1v) is 4.50. The zero-order valence-electron chi connectivity index (χ0n) is 8.07. The lowest BCUT2D eigenvalue weighted by molar-refractivity contribution is 0.937. The van der Waals surface area contributed by atoms with E-state index in [1.54, 1.807) is 0 Å². The van der Waals surface area contributed by atoms with Crippen molar-refractivity contribution in [3.05, 3.63) is 48.2 Å². The van der Waals surface area contributed by atoms with E-state index < -0.39 is 0 Å². The van der Waals surface area contributed by atoms with Gasteiger partial charge in [0.1, 0.15) is 0 Å². The van der Waals surface area contributed by atoms with Crippen LogP contribution >= 0.6 is 0 Å². The Kier molecular flexibility index (Phi) is 2.12. The largest absolute Gasteiger partial charge is 0.351 e. The predicted molar refractivity (Wildman–Crippen MR) is 58.8 cm³/mol. The number of rotatable bonds is 1. The average Bonchev–Trinajstić information content (AvgIpc) is 2.64. The minimum atomic E-state index is 0.939. The molecule has 0 unspecified atom stereocenters. The molecule has 0 atom stereocenters. The summed E-state index contributed by atoms with van der Waals surface area (Å²) in [6, 6.07) is 12.1. The summed E-state index contributed by atoms with van der Waals surface area (Å²) in [5, 5.41) is 0. The maximum Gasteiger partial charge on any atom is 0.0490 e. The van der Waals surface area contributed by atoms with Gasteiger partial charge in [-0.05, 0) is 18.2 Å². The number of hydrogen-bond donors (Lipinski definition) is 0. The zero-order valence-corrected chi connectivity index (χ0v) is 8.07. The Labute approximate surface area is 84.0 Å². The first-order valence-electron chi connectivity index (χ1n) is 4.50. The molecule has 0 aliphatic heterocycles. The summed E-state index contributed by atoms with van der Waals surface area (Å²) < 4.78 is 2.07. The van der Waals surface area contributed by atoms with Gasteiger partial charge in [-0.3, -0.25) is 0 Å². The summed E-state index contributed by atoms with van der Waals surface area (Å²) in [5.41, 5.74) is 3.20. The third-order valence-corrected chi connectivity index (χ3v) is 2.30. The molecule has 0 amide bonds. The van der Waals surface area contributed by atoms with Crippen LogP contribution in [0.2, 0.25) is 0 Å². The standard InChI is InChI=1S/C13H11N/c1-3-11-7-4-5-8-12(11)13-9-6-10-14(13)2/h1,4-10H,2H3. The van der Waals surface area contributed by atoms with Gasteiger partial charge >= 0.3 is 0 Å². The van der Waals surface area contributed by atoms with Crippen LogP contribution in [0.4, 0.5) is 0 Å². The summed E-state index contributed by atoms with van der Waals surface area (Å²) in [6.07, 6.45) is 7.46. The van der Waals surface area contributed by atoms with Crippen LogP contribution in [0.5, 0.6) is 0 Å². The van der Waals surface area contributed by atoms with Gasteiger partial charge in [-0.25, -0.2) is 0 Å². The molecule has 0 spiro atoms. The van der Waals surface area contributed by atoms with Crippen LogP contribution in [0, 0.1) is 12.3 Å². The van der Waals surface area contributed by atoms with Crippen molar-refractivity contribution < 1.29 is 0 Å². The Bertz CT molecular complexity index is 486. The van der Waals surface area contributed by atoms with E-state index in [9.17, 15) is 0 Å². The second kappa shape index (κ2) is 3.43. The molecular formula is C13H11N. The number of aromatic nitrogens is 1. The quantitative estimate of drug-likeness (QED) is 0.596.